The van der Waals surface area contributed by atoms with Crippen LogP contribution in [0.3, 0.4) is 0 Å². The molecule has 0 amide bonds. The minimum Gasteiger partial charge on any atom is -0.206 e. The predicted octanol–water partition coefficient (Wildman–Crippen LogP) is 5.14. The zero-order valence-corrected chi connectivity index (χ0v) is 11.0. The van der Waals surface area contributed by atoms with E-state index >= 15 is 0 Å². The van der Waals surface area contributed by atoms with Crippen molar-refractivity contribution in [3.63, 3.8) is 0 Å². The Bertz CT molecular complexity index is 512. The van der Waals surface area contributed by atoms with E-state index in [0.29, 0.717) is 5.56 Å². The van der Waals surface area contributed by atoms with Gasteiger partial charge in [-0.25, -0.2) is 4.39 Å². The van der Waals surface area contributed by atoms with Crippen molar-refractivity contribution in [1.29, 1.82) is 0 Å². The van der Waals surface area contributed by atoms with Crippen molar-refractivity contribution in [2.24, 2.45) is 0 Å². The van der Waals surface area contributed by atoms with Crippen LogP contribution < -0.4 is 0 Å². The molecule has 94 valence electrons. The van der Waals surface area contributed by atoms with E-state index in [1.54, 1.807) is 6.07 Å². The molecule has 0 saturated heterocycles. The summed E-state index contributed by atoms with van der Waals surface area (Å²) < 4.78 is 13.8. The van der Waals surface area contributed by atoms with Gasteiger partial charge in [0.05, 0.1) is 0 Å². The quantitative estimate of drug-likeness (QED) is 0.696. The van der Waals surface area contributed by atoms with Gasteiger partial charge in [0.2, 0.25) is 0 Å². The predicted molar refractivity (Wildman–Crippen MR) is 75.2 cm³/mol. The SMILES string of the molecule is CCCCc1ccc(-c2ccc(C)cc2F)cc1. The van der Waals surface area contributed by atoms with Gasteiger partial charge >= 0.3 is 0 Å². The fourth-order valence-corrected chi connectivity index (χ4v) is 2.09. The van der Waals surface area contributed by atoms with Gasteiger partial charge in [-0.1, -0.05) is 49.7 Å². The molecule has 0 unspecified atom stereocenters. The van der Waals surface area contributed by atoms with E-state index in [1.807, 2.05) is 31.2 Å². The Kier molecular flexibility index (Phi) is 4.14. The second-order valence-corrected chi connectivity index (χ2v) is 4.78. The second kappa shape index (κ2) is 5.81. The third kappa shape index (κ3) is 2.98. The van der Waals surface area contributed by atoms with Gasteiger partial charge in [0.1, 0.15) is 5.82 Å². The summed E-state index contributed by atoms with van der Waals surface area (Å²) in [5.74, 6) is -0.142. The molecular weight excluding hydrogens is 223 g/mol. The Hall–Kier alpha value is -1.63. The first-order valence-electron chi connectivity index (χ1n) is 6.56. The van der Waals surface area contributed by atoms with E-state index in [9.17, 15) is 4.39 Å². The van der Waals surface area contributed by atoms with E-state index in [1.165, 1.54) is 18.4 Å². The number of halogens is 1. The molecule has 0 atom stereocenters. The van der Waals surface area contributed by atoms with Crippen LogP contribution in [0.1, 0.15) is 30.9 Å². The van der Waals surface area contributed by atoms with Crippen molar-refractivity contribution >= 4 is 0 Å². The third-order valence-electron chi connectivity index (χ3n) is 3.21. The maximum atomic E-state index is 13.8. The molecule has 2 aromatic carbocycles. The smallest absolute Gasteiger partial charge is 0.131 e. The van der Waals surface area contributed by atoms with E-state index in [-0.39, 0.29) is 5.82 Å². The van der Waals surface area contributed by atoms with Gasteiger partial charge in [-0.05, 0) is 42.5 Å². The topological polar surface area (TPSA) is 0 Å². The molecule has 0 aromatic heterocycles. The van der Waals surface area contributed by atoms with Crippen LogP contribution in [0.5, 0.6) is 0 Å². The number of hydrogen-bond donors (Lipinski definition) is 0. The van der Waals surface area contributed by atoms with E-state index in [0.717, 1.165) is 17.5 Å². The number of rotatable bonds is 4. The molecule has 0 heterocycles. The van der Waals surface area contributed by atoms with Crippen molar-refractivity contribution in [2.45, 2.75) is 33.1 Å². The van der Waals surface area contributed by atoms with E-state index in [2.05, 4.69) is 19.1 Å². The first-order valence-corrected chi connectivity index (χ1v) is 6.56. The molecule has 0 saturated carbocycles. The second-order valence-electron chi connectivity index (χ2n) is 4.78. The van der Waals surface area contributed by atoms with Crippen LogP contribution in [0.2, 0.25) is 0 Å². The van der Waals surface area contributed by atoms with Crippen LogP contribution in [0.15, 0.2) is 42.5 Å². The molecule has 0 nitrogen and oxygen atoms in total. The summed E-state index contributed by atoms with van der Waals surface area (Å²) in [6.45, 7) is 4.09. The first-order chi connectivity index (χ1) is 8.70. The molecule has 2 aromatic rings. The van der Waals surface area contributed by atoms with Gasteiger partial charge in [-0.15, -0.1) is 0 Å². The van der Waals surface area contributed by atoms with Gasteiger partial charge in [0, 0.05) is 5.56 Å². The molecule has 0 aliphatic rings. The molecule has 18 heavy (non-hydrogen) atoms. The molecule has 0 N–H and O–H groups in total. The lowest BCUT2D eigenvalue weighted by atomic mass is 10.0. The highest BCUT2D eigenvalue weighted by atomic mass is 19.1. The van der Waals surface area contributed by atoms with Gasteiger partial charge in [-0.2, -0.15) is 0 Å². The normalized spacial score (nSPS) is 10.6. The Balaban J connectivity index is 2.23. The average Bonchev–Trinajstić information content (AvgIpc) is 2.37. The average molecular weight is 242 g/mol. The molecule has 0 spiro atoms. The van der Waals surface area contributed by atoms with Crippen LogP contribution in [0.4, 0.5) is 4.39 Å². The molecule has 0 radical (unpaired) electrons. The fourth-order valence-electron chi connectivity index (χ4n) is 2.09. The van der Waals surface area contributed by atoms with Crippen LogP contribution in [-0.4, -0.2) is 0 Å². The lowest BCUT2D eigenvalue weighted by Crippen LogP contribution is -1.88. The zero-order valence-electron chi connectivity index (χ0n) is 11.0. The lowest BCUT2D eigenvalue weighted by Gasteiger charge is -2.06. The van der Waals surface area contributed by atoms with Gasteiger partial charge in [-0.3, -0.25) is 0 Å². The summed E-state index contributed by atoms with van der Waals surface area (Å²) >= 11 is 0. The number of aryl methyl sites for hydroxylation is 2. The summed E-state index contributed by atoms with van der Waals surface area (Å²) in [5.41, 5.74) is 3.92. The van der Waals surface area contributed by atoms with Crippen molar-refractivity contribution < 1.29 is 4.39 Å². The van der Waals surface area contributed by atoms with E-state index < -0.39 is 0 Å². The highest BCUT2D eigenvalue weighted by Gasteiger charge is 2.04. The Morgan fingerprint density at radius 2 is 1.72 bits per heavy atom. The highest BCUT2D eigenvalue weighted by Crippen LogP contribution is 2.24. The van der Waals surface area contributed by atoms with E-state index in [4.69, 9.17) is 0 Å². The monoisotopic (exact) mass is 242 g/mol. The van der Waals surface area contributed by atoms with Gasteiger partial charge in [0.15, 0.2) is 0 Å². The largest absolute Gasteiger partial charge is 0.206 e. The van der Waals surface area contributed by atoms with Crippen molar-refractivity contribution in [3.8, 4) is 11.1 Å². The van der Waals surface area contributed by atoms with Crippen LogP contribution in [0.25, 0.3) is 11.1 Å². The van der Waals surface area contributed by atoms with Crippen molar-refractivity contribution in [1.82, 2.24) is 0 Å². The maximum absolute atomic E-state index is 13.8. The van der Waals surface area contributed by atoms with Crippen LogP contribution in [-0.2, 0) is 6.42 Å². The van der Waals surface area contributed by atoms with Crippen LogP contribution >= 0.6 is 0 Å². The first kappa shape index (κ1) is 12.8. The Morgan fingerprint density at radius 3 is 2.33 bits per heavy atom. The minimum absolute atomic E-state index is 0.142. The van der Waals surface area contributed by atoms with Gasteiger partial charge < -0.3 is 0 Å². The highest BCUT2D eigenvalue weighted by molar-refractivity contribution is 5.64. The summed E-state index contributed by atoms with van der Waals surface area (Å²) in [6.07, 6.45) is 3.51. The summed E-state index contributed by atoms with van der Waals surface area (Å²) in [7, 11) is 0. The molecule has 2 rings (SSSR count). The van der Waals surface area contributed by atoms with Gasteiger partial charge in [0.25, 0.3) is 0 Å². The lowest BCUT2D eigenvalue weighted by molar-refractivity contribution is 0.630. The zero-order chi connectivity index (χ0) is 13.0. The molecule has 0 aliphatic heterocycles. The number of hydrogen-bond acceptors (Lipinski definition) is 0. The molecule has 0 fully saturated rings. The third-order valence-corrected chi connectivity index (χ3v) is 3.21. The molecule has 0 aliphatic carbocycles. The molecule has 1 heteroatoms. The Labute approximate surface area is 108 Å². The summed E-state index contributed by atoms with van der Waals surface area (Å²) in [4.78, 5) is 0. The molecule has 0 bridgehead atoms. The summed E-state index contributed by atoms with van der Waals surface area (Å²) in [6, 6.07) is 13.6. The van der Waals surface area contributed by atoms with Crippen molar-refractivity contribution in [3.05, 3.63) is 59.4 Å². The standard InChI is InChI=1S/C17H19F/c1-3-4-5-14-7-9-15(10-8-14)16-11-6-13(2)12-17(16)18/h6-12H,3-5H2,1-2H3. The number of unbranched alkanes of at least 4 members (excludes halogenated alkanes) is 1. The summed E-state index contributed by atoms with van der Waals surface area (Å²) in [5, 5.41) is 0. The maximum Gasteiger partial charge on any atom is 0.131 e. The fraction of sp³-hybridized carbons (Fsp3) is 0.294. The van der Waals surface area contributed by atoms with Crippen LogP contribution in [0, 0.1) is 12.7 Å². The number of benzene rings is 2. The van der Waals surface area contributed by atoms with Crippen molar-refractivity contribution in [2.75, 3.05) is 0 Å². The minimum atomic E-state index is -0.142. The Morgan fingerprint density at radius 1 is 1.00 bits per heavy atom. The molecular formula is C17H19F.